The molecule has 106 valence electrons. The van der Waals surface area contributed by atoms with E-state index in [4.69, 9.17) is 11.6 Å². The van der Waals surface area contributed by atoms with Gasteiger partial charge in [0.2, 0.25) is 0 Å². The first-order valence-corrected chi connectivity index (χ1v) is 7.55. The van der Waals surface area contributed by atoms with Crippen molar-refractivity contribution in [3.05, 3.63) is 53.3 Å². The summed E-state index contributed by atoms with van der Waals surface area (Å²) in [5, 5.41) is 2.73. The summed E-state index contributed by atoms with van der Waals surface area (Å²) in [6.45, 7) is 0. The molecule has 0 saturated heterocycles. The first-order chi connectivity index (χ1) is 9.44. The monoisotopic (exact) mass is 314 g/mol. The molecule has 2 aromatic rings. The lowest BCUT2D eigenvalue weighted by Gasteiger charge is -2.12. The van der Waals surface area contributed by atoms with Crippen LogP contribution in [-0.4, -0.2) is 15.5 Å². The number of anilines is 2. The van der Waals surface area contributed by atoms with Gasteiger partial charge in [-0.25, -0.2) is 12.8 Å². The van der Waals surface area contributed by atoms with Crippen LogP contribution in [0.25, 0.3) is 0 Å². The molecule has 0 fully saturated rings. The van der Waals surface area contributed by atoms with Crippen molar-refractivity contribution < 1.29 is 12.8 Å². The SMILES string of the molecule is CNc1ccccc1S(=O)(=O)Nc1ccc(Cl)c(F)c1. The zero-order chi connectivity index (χ0) is 14.8. The third-order valence-electron chi connectivity index (χ3n) is 2.62. The summed E-state index contributed by atoms with van der Waals surface area (Å²) in [5.74, 6) is -0.686. The number of halogens is 2. The highest BCUT2D eigenvalue weighted by Crippen LogP contribution is 2.25. The lowest BCUT2D eigenvalue weighted by Crippen LogP contribution is -2.14. The lowest BCUT2D eigenvalue weighted by molar-refractivity contribution is 0.601. The van der Waals surface area contributed by atoms with Crippen molar-refractivity contribution in [1.29, 1.82) is 0 Å². The van der Waals surface area contributed by atoms with Crippen LogP contribution >= 0.6 is 11.6 Å². The van der Waals surface area contributed by atoms with Gasteiger partial charge in [-0.1, -0.05) is 23.7 Å². The predicted molar refractivity (Wildman–Crippen MR) is 78.2 cm³/mol. The van der Waals surface area contributed by atoms with Gasteiger partial charge in [0.05, 0.1) is 16.4 Å². The molecular weight excluding hydrogens is 303 g/mol. The number of sulfonamides is 1. The third-order valence-corrected chi connectivity index (χ3v) is 4.36. The molecule has 2 aromatic carbocycles. The fourth-order valence-electron chi connectivity index (χ4n) is 1.68. The molecule has 20 heavy (non-hydrogen) atoms. The van der Waals surface area contributed by atoms with E-state index in [-0.39, 0.29) is 15.6 Å². The van der Waals surface area contributed by atoms with Crippen molar-refractivity contribution >= 4 is 33.0 Å². The molecule has 0 heterocycles. The number of hydrogen-bond acceptors (Lipinski definition) is 3. The maximum atomic E-state index is 13.3. The number of rotatable bonds is 4. The highest BCUT2D eigenvalue weighted by Gasteiger charge is 2.18. The Morgan fingerprint density at radius 2 is 1.85 bits per heavy atom. The molecule has 0 spiro atoms. The van der Waals surface area contributed by atoms with E-state index >= 15 is 0 Å². The molecule has 4 nitrogen and oxygen atoms in total. The summed E-state index contributed by atoms with van der Waals surface area (Å²) < 4.78 is 40.2. The van der Waals surface area contributed by atoms with Crippen molar-refractivity contribution in [1.82, 2.24) is 0 Å². The first kappa shape index (κ1) is 14.6. The van der Waals surface area contributed by atoms with Gasteiger partial charge in [0.15, 0.2) is 0 Å². The Balaban J connectivity index is 2.38. The molecule has 0 unspecified atom stereocenters. The number of hydrogen-bond donors (Lipinski definition) is 2. The van der Waals surface area contributed by atoms with Gasteiger partial charge in [-0.2, -0.15) is 0 Å². The van der Waals surface area contributed by atoms with Crippen LogP contribution < -0.4 is 10.0 Å². The topological polar surface area (TPSA) is 58.2 Å². The normalized spacial score (nSPS) is 11.2. The van der Waals surface area contributed by atoms with E-state index < -0.39 is 15.8 Å². The summed E-state index contributed by atoms with van der Waals surface area (Å²) >= 11 is 5.55. The quantitative estimate of drug-likeness (QED) is 0.910. The molecule has 7 heteroatoms. The van der Waals surface area contributed by atoms with Crippen LogP contribution in [0.5, 0.6) is 0 Å². The third kappa shape index (κ3) is 3.02. The smallest absolute Gasteiger partial charge is 0.263 e. The average molecular weight is 315 g/mol. The Hall–Kier alpha value is -1.79. The number of para-hydroxylation sites is 1. The fourth-order valence-corrected chi connectivity index (χ4v) is 3.06. The van der Waals surface area contributed by atoms with Gasteiger partial charge < -0.3 is 5.32 Å². The van der Waals surface area contributed by atoms with Gasteiger partial charge in [-0.3, -0.25) is 4.72 Å². The lowest BCUT2D eigenvalue weighted by atomic mass is 10.3. The van der Waals surface area contributed by atoms with E-state index in [1.54, 1.807) is 25.2 Å². The zero-order valence-electron chi connectivity index (χ0n) is 10.5. The molecule has 0 aromatic heterocycles. The minimum absolute atomic E-state index is 0.0661. The fraction of sp³-hybridized carbons (Fsp3) is 0.0769. The van der Waals surface area contributed by atoms with Crippen LogP contribution in [0.4, 0.5) is 15.8 Å². The second-order valence-corrected chi connectivity index (χ2v) is 6.04. The molecule has 0 aliphatic heterocycles. The van der Waals surface area contributed by atoms with Crippen LogP contribution in [0.3, 0.4) is 0 Å². The number of nitrogens with one attached hydrogen (secondary N) is 2. The molecular formula is C13H12ClFN2O2S. The summed E-state index contributed by atoms with van der Waals surface area (Å²) in [6.07, 6.45) is 0. The summed E-state index contributed by atoms with van der Waals surface area (Å²) in [7, 11) is -2.19. The molecule has 0 bridgehead atoms. The van der Waals surface area contributed by atoms with Crippen LogP contribution in [0.2, 0.25) is 5.02 Å². The zero-order valence-corrected chi connectivity index (χ0v) is 12.1. The largest absolute Gasteiger partial charge is 0.387 e. The molecule has 0 radical (unpaired) electrons. The van der Waals surface area contributed by atoms with Gasteiger partial charge in [-0.05, 0) is 30.3 Å². The van der Waals surface area contributed by atoms with E-state index in [1.165, 1.54) is 18.2 Å². The van der Waals surface area contributed by atoms with Crippen molar-refractivity contribution in [2.75, 3.05) is 17.1 Å². The van der Waals surface area contributed by atoms with Gasteiger partial charge >= 0.3 is 0 Å². The Morgan fingerprint density at radius 1 is 1.15 bits per heavy atom. The van der Waals surface area contributed by atoms with E-state index in [0.29, 0.717) is 5.69 Å². The van der Waals surface area contributed by atoms with Gasteiger partial charge in [0.25, 0.3) is 10.0 Å². The molecule has 0 aliphatic rings. The predicted octanol–water partition coefficient (Wildman–Crippen LogP) is 3.32. The maximum absolute atomic E-state index is 13.3. The van der Waals surface area contributed by atoms with Crippen LogP contribution in [0.1, 0.15) is 0 Å². The standard InChI is InChI=1S/C13H12ClFN2O2S/c1-16-12-4-2-3-5-13(12)20(18,19)17-9-6-7-10(14)11(15)8-9/h2-8,16-17H,1H3. The number of benzene rings is 2. The van der Waals surface area contributed by atoms with Crippen molar-refractivity contribution in [3.63, 3.8) is 0 Å². The maximum Gasteiger partial charge on any atom is 0.263 e. The Morgan fingerprint density at radius 3 is 2.50 bits per heavy atom. The van der Waals surface area contributed by atoms with Gasteiger partial charge in [0, 0.05) is 7.05 Å². The molecule has 0 amide bonds. The van der Waals surface area contributed by atoms with Crippen molar-refractivity contribution in [2.24, 2.45) is 0 Å². The van der Waals surface area contributed by atoms with Crippen molar-refractivity contribution in [3.8, 4) is 0 Å². The summed E-state index contributed by atoms with van der Waals surface area (Å²) in [4.78, 5) is 0.0814. The molecule has 2 rings (SSSR count). The Kier molecular flexibility index (Phi) is 4.15. The van der Waals surface area contributed by atoms with Crippen molar-refractivity contribution in [2.45, 2.75) is 4.90 Å². The second-order valence-electron chi connectivity index (χ2n) is 3.98. The minimum atomic E-state index is -3.81. The van der Waals surface area contributed by atoms with Crippen LogP contribution in [-0.2, 0) is 10.0 Å². The van der Waals surface area contributed by atoms with Crippen LogP contribution in [0, 0.1) is 5.82 Å². The molecule has 0 saturated carbocycles. The summed E-state index contributed by atoms with van der Waals surface area (Å²) in [5.41, 5.74) is 0.562. The highest BCUT2D eigenvalue weighted by molar-refractivity contribution is 7.92. The van der Waals surface area contributed by atoms with Crippen LogP contribution in [0.15, 0.2) is 47.4 Å². The van der Waals surface area contributed by atoms with E-state index in [2.05, 4.69) is 10.0 Å². The van der Waals surface area contributed by atoms with Gasteiger partial charge in [0.1, 0.15) is 10.7 Å². The average Bonchev–Trinajstić information content (AvgIpc) is 2.42. The Bertz CT molecular complexity index is 735. The Labute approximate surface area is 121 Å². The van der Waals surface area contributed by atoms with E-state index in [9.17, 15) is 12.8 Å². The second kappa shape index (κ2) is 5.68. The van der Waals surface area contributed by atoms with E-state index in [1.807, 2.05) is 0 Å². The summed E-state index contributed by atoms with van der Waals surface area (Å²) in [6, 6.07) is 10.1. The minimum Gasteiger partial charge on any atom is -0.387 e. The first-order valence-electron chi connectivity index (χ1n) is 5.68. The molecule has 0 aliphatic carbocycles. The molecule has 0 atom stereocenters. The van der Waals surface area contributed by atoms with Gasteiger partial charge in [-0.15, -0.1) is 0 Å². The highest BCUT2D eigenvalue weighted by atomic mass is 35.5. The molecule has 2 N–H and O–H groups in total. The van der Waals surface area contributed by atoms with E-state index in [0.717, 1.165) is 6.07 Å².